The molecule has 1 aromatic rings. The molecule has 0 bridgehead atoms. The number of hydrogen-bond donors (Lipinski definition) is 3. The zero-order chi connectivity index (χ0) is 17.1. The van der Waals surface area contributed by atoms with Gasteiger partial charge in [-0.2, -0.15) is 0 Å². The first-order chi connectivity index (χ1) is 11.4. The topological polar surface area (TPSA) is 84.6 Å². The van der Waals surface area contributed by atoms with Gasteiger partial charge < -0.3 is 20.9 Å². The highest BCUT2D eigenvalue weighted by atomic mass is 16.5. The van der Waals surface area contributed by atoms with Gasteiger partial charge in [-0.1, -0.05) is 38.1 Å². The number of nitrogens with one attached hydrogen (secondary N) is 1. The summed E-state index contributed by atoms with van der Waals surface area (Å²) in [5, 5.41) is 13.4. The van der Waals surface area contributed by atoms with Crippen molar-refractivity contribution in [2.45, 2.75) is 56.9 Å². The summed E-state index contributed by atoms with van der Waals surface area (Å²) in [5.74, 6) is -0.116. The van der Waals surface area contributed by atoms with E-state index in [1.165, 1.54) is 0 Å². The Hall–Kier alpha value is -1.43. The number of aliphatic hydroxyl groups is 1. The Bertz CT molecular complexity index is 674. The van der Waals surface area contributed by atoms with E-state index in [9.17, 15) is 9.90 Å². The van der Waals surface area contributed by atoms with E-state index >= 15 is 0 Å². The standard InChI is InChI=1S/C19H26N2O3/c1-18(2)16-13(8-5-9-24-16)19(18,20)17(23)21-15-12-7-4-3-6-11(12)10-14(15)22/h3-4,6-7,13-16,22H,5,8-10,20H2,1-2H3,(H,21,23)/t13?,14-,15+,16?,19?/m0/s1. The third kappa shape index (κ3) is 1.95. The molecule has 1 heterocycles. The molecular weight excluding hydrogens is 304 g/mol. The minimum Gasteiger partial charge on any atom is -0.390 e. The minimum atomic E-state index is -0.949. The van der Waals surface area contributed by atoms with Crippen LogP contribution in [-0.2, 0) is 16.0 Å². The molecule has 4 N–H and O–H groups in total. The molecule has 24 heavy (non-hydrogen) atoms. The van der Waals surface area contributed by atoms with E-state index in [0.717, 1.165) is 30.6 Å². The van der Waals surface area contributed by atoms with Crippen LogP contribution in [0.15, 0.2) is 24.3 Å². The number of nitrogens with two attached hydrogens (primary N) is 1. The van der Waals surface area contributed by atoms with Crippen molar-refractivity contribution in [3.63, 3.8) is 0 Å². The molecule has 0 spiro atoms. The summed E-state index contributed by atoms with van der Waals surface area (Å²) in [6.07, 6.45) is 1.87. The lowest BCUT2D eigenvalue weighted by Gasteiger charge is -2.65. The Morgan fingerprint density at radius 2 is 2.12 bits per heavy atom. The van der Waals surface area contributed by atoms with Crippen molar-refractivity contribution in [1.29, 1.82) is 0 Å². The normalized spacial score (nSPS) is 39.5. The summed E-state index contributed by atoms with van der Waals surface area (Å²) in [6, 6.07) is 7.49. The number of carbonyl (C=O) groups is 1. The van der Waals surface area contributed by atoms with Gasteiger partial charge >= 0.3 is 0 Å². The molecule has 3 unspecified atom stereocenters. The highest BCUT2D eigenvalue weighted by Gasteiger charge is 2.70. The number of ether oxygens (including phenoxy) is 1. The van der Waals surface area contributed by atoms with Crippen LogP contribution in [-0.4, -0.2) is 35.4 Å². The Kier molecular flexibility index (Phi) is 3.53. The van der Waals surface area contributed by atoms with Crippen LogP contribution < -0.4 is 11.1 Å². The van der Waals surface area contributed by atoms with Crippen molar-refractivity contribution < 1.29 is 14.6 Å². The minimum absolute atomic E-state index is 0.0442. The molecule has 5 nitrogen and oxygen atoms in total. The molecule has 2 fully saturated rings. The summed E-state index contributed by atoms with van der Waals surface area (Å²) >= 11 is 0. The van der Waals surface area contributed by atoms with Gasteiger partial charge in [0.15, 0.2) is 0 Å². The number of benzene rings is 1. The van der Waals surface area contributed by atoms with Crippen molar-refractivity contribution in [1.82, 2.24) is 5.32 Å². The van der Waals surface area contributed by atoms with Crippen LogP contribution in [0.3, 0.4) is 0 Å². The van der Waals surface area contributed by atoms with Crippen molar-refractivity contribution in [3.05, 3.63) is 35.4 Å². The number of aliphatic hydroxyl groups excluding tert-OH is 1. The van der Waals surface area contributed by atoms with Crippen LogP contribution in [0.1, 0.15) is 43.9 Å². The largest absolute Gasteiger partial charge is 0.390 e. The molecule has 2 aliphatic carbocycles. The van der Waals surface area contributed by atoms with E-state index < -0.39 is 17.1 Å². The predicted octanol–water partition coefficient (Wildman–Crippen LogP) is 1.29. The second kappa shape index (κ2) is 5.28. The first-order valence-corrected chi connectivity index (χ1v) is 8.84. The van der Waals surface area contributed by atoms with Gasteiger partial charge in [0.1, 0.15) is 5.54 Å². The average Bonchev–Trinajstić information content (AvgIpc) is 2.89. The first kappa shape index (κ1) is 16.1. The second-order valence-corrected chi connectivity index (χ2v) is 8.05. The number of rotatable bonds is 2. The van der Waals surface area contributed by atoms with Gasteiger partial charge in [-0.15, -0.1) is 0 Å². The fourth-order valence-electron chi connectivity index (χ4n) is 5.05. The quantitative estimate of drug-likeness (QED) is 0.763. The molecule has 1 amide bonds. The van der Waals surface area contributed by atoms with Gasteiger partial charge in [-0.05, 0) is 24.0 Å². The number of hydrogen-bond acceptors (Lipinski definition) is 4. The van der Waals surface area contributed by atoms with Crippen LogP contribution in [0.2, 0.25) is 0 Å². The molecule has 5 heteroatoms. The van der Waals surface area contributed by atoms with E-state index in [2.05, 4.69) is 5.32 Å². The van der Waals surface area contributed by atoms with Gasteiger partial charge in [0, 0.05) is 24.4 Å². The van der Waals surface area contributed by atoms with Crippen LogP contribution in [0, 0.1) is 11.3 Å². The molecule has 4 rings (SSSR count). The second-order valence-electron chi connectivity index (χ2n) is 8.05. The molecule has 1 aliphatic heterocycles. The van der Waals surface area contributed by atoms with Crippen molar-refractivity contribution in [2.75, 3.05) is 6.61 Å². The fourth-order valence-corrected chi connectivity index (χ4v) is 5.05. The van der Waals surface area contributed by atoms with Gasteiger partial charge in [-0.3, -0.25) is 4.79 Å². The summed E-state index contributed by atoms with van der Waals surface area (Å²) in [6.45, 7) is 4.77. The average molecular weight is 330 g/mol. The van der Waals surface area contributed by atoms with Crippen LogP contribution in [0.4, 0.5) is 0 Å². The molecule has 0 aromatic heterocycles. The van der Waals surface area contributed by atoms with Gasteiger partial charge in [0.25, 0.3) is 0 Å². The molecule has 1 saturated heterocycles. The van der Waals surface area contributed by atoms with E-state index in [1.807, 2.05) is 38.1 Å². The third-order valence-electron chi connectivity index (χ3n) is 6.55. The summed E-state index contributed by atoms with van der Waals surface area (Å²) in [7, 11) is 0. The Morgan fingerprint density at radius 3 is 2.92 bits per heavy atom. The lowest BCUT2D eigenvalue weighted by Crippen LogP contribution is -2.82. The van der Waals surface area contributed by atoms with E-state index in [0.29, 0.717) is 6.42 Å². The Labute approximate surface area is 142 Å². The summed E-state index contributed by atoms with van der Waals surface area (Å²) in [5.41, 5.74) is 7.37. The molecule has 5 atom stereocenters. The highest BCUT2D eigenvalue weighted by Crippen LogP contribution is 2.57. The maximum atomic E-state index is 13.1. The number of fused-ring (bicyclic) bond motifs is 2. The fraction of sp³-hybridized carbons (Fsp3) is 0.632. The smallest absolute Gasteiger partial charge is 0.241 e. The maximum absolute atomic E-state index is 13.1. The Balaban J connectivity index is 1.58. The van der Waals surface area contributed by atoms with Crippen LogP contribution >= 0.6 is 0 Å². The van der Waals surface area contributed by atoms with Gasteiger partial charge in [0.05, 0.1) is 18.2 Å². The number of carbonyl (C=O) groups excluding carboxylic acids is 1. The molecular formula is C19H26N2O3. The SMILES string of the molecule is CC1(C)C2OCCCC2C1(N)C(=O)N[C@@H]1c2ccccc2C[C@@H]1O. The number of amides is 1. The Morgan fingerprint density at radius 1 is 1.38 bits per heavy atom. The summed E-state index contributed by atoms with van der Waals surface area (Å²) < 4.78 is 5.88. The molecule has 1 aromatic carbocycles. The van der Waals surface area contributed by atoms with Crippen molar-refractivity contribution in [2.24, 2.45) is 17.1 Å². The van der Waals surface area contributed by atoms with E-state index in [4.69, 9.17) is 10.5 Å². The molecule has 3 aliphatic rings. The third-order valence-corrected chi connectivity index (χ3v) is 6.55. The first-order valence-electron chi connectivity index (χ1n) is 8.84. The van der Waals surface area contributed by atoms with Gasteiger partial charge in [0.2, 0.25) is 5.91 Å². The molecule has 0 radical (unpaired) electrons. The van der Waals surface area contributed by atoms with E-state index in [1.54, 1.807) is 0 Å². The molecule has 130 valence electrons. The zero-order valence-corrected chi connectivity index (χ0v) is 14.3. The molecule has 1 saturated carbocycles. The highest BCUT2D eigenvalue weighted by molar-refractivity contribution is 5.90. The van der Waals surface area contributed by atoms with Crippen molar-refractivity contribution in [3.8, 4) is 0 Å². The van der Waals surface area contributed by atoms with Crippen LogP contribution in [0.25, 0.3) is 0 Å². The van der Waals surface area contributed by atoms with Crippen molar-refractivity contribution >= 4 is 5.91 Å². The predicted molar refractivity (Wildman–Crippen MR) is 90.2 cm³/mol. The van der Waals surface area contributed by atoms with E-state index in [-0.39, 0.29) is 24.0 Å². The lowest BCUT2D eigenvalue weighted by molar-refractivity contribution is -0.225. The lowest BCUT2D eigenvalue weighted by atomic mass is 9.46. The van der Waals surface area contributed by atoms with Crippen LogP contribution in [0.5, 0.6) is 0 Å². The summed E-state index contributed by atoms with van der Waals surface area (Å²) in [4.78, 5) is 13.1. The maximum Gasteiger partial charge on any atom is 0.241 e. The van der Waals surface area contributed by atoms with Gasteiger partial charge in [-0.25, -0.2) is 0 Å². The zero-order valence-electron chi connectivity index (χ0n) is 14.3. The monoisotopic (exact) mass is 330 g/mol.